The van der Waals surface area contributed by atoms with Crippen molar-refractivity contribution in [2.45, 2.75) is 116 Å². The van der Waals surface area contributed by atoms with Crippen molar-refractivity contribution in [1.29, 1.82) is 0 Å². The first kappa shape index (κ1) is 34.6. The van der Waals surface area contributed by atoms with Crippen LogP contribution in [0.2, 0.25) is 0 Å². The summed E-state index contributed by atoms with van der Waals surface area (Å²) in [5.41, 5.74) is -0.764. The number of esters is 5. The van der Waals surface area contributed by atoms with Crippen LogP contribution in [0.3, 0.4) is 0 Å². The van der Waals surface area contributed by atoms with Crippen molar-refractivity contribution >= 4 is 35.9 Å². The van der Waals surface area contributed by atoms with E-state index in [1.165, 1.54) is 14.0 Å². The molecule has 0 aromatic carbocycles. The first-order chi connectivity index (χ1) is 18.5. The van der Waals surface area contributed by atoms with Crippen molar-refractivity contribution in [2.75, 3.05) is 13.7 Å². The fraction of sp³-hybridized carbons (Fsp3) is 0.769. The Kier molecular flexibility index (Phi) is 13.8. The molecule has 1 rings (SSSR count). The van der Waals surface area contributed by atoms with Gasteiger partial charge in [0.15, 0.2) is 18.3 Å². The van der Waals surface area contributed by atoms with Crippen LogP contribution in [0.5, 0.6) is 0 Å². The largest absolute Gasteiger partial charge is 0.467 e. The Balaban J connectivity index is 3.09. The van der Waals surface area contributed by atoms with Crippen LogP contribution >= 0.6 is 0 Å². The van der Waals surface area contributed by atoms with E-state index in [0.29, 0.717) is 12.8 Å². The molecule has 0 saturated carbocycles. The lowest BCUT2D eigenvalue weighted by molar-refractivity contribution is -0.253. The molecular weight excluding hydrogens is 534 g/mol. The minimum Gasteiger partial charge on any atom is -0.467 e. The number of carbonyl (C=O) groups is 6. The van der Waals surface area contributed by atoms with Crippen molar-refractivity contribution in [3.8, 4) is 0 Å². The second kappa shape index (κ2) is 16.0. The van der Waals surface area contributed by atoms with Gasteiger partial charge in [0.2, 0.25) is 0 Å². The minimum atomic E-state index is -1.25. The van der Waals surface area contributed by atoms with E-state index in [1.807, 2.05) is 0 Å². The van der Waals surface area contributed by atoms with Gasteiger partial charge in [0, 0.05) is 27.7 Å². The smallest absolute Gasteiger partial charge is 0.408 e. The normalized spacial score (nSPS) is 23.1. The number of alkyl carbamates (subject to hydrolysis) is 1. The van der Waals surface area contributed by atoms with E-state index in [9.17, 15) is 28.8 Å². The number of methoxy groups -OCH3 is 1. The first-order valence-electron chi connectivity index (χ1n) is 12.9. The zero-order valence-corrected chi connectivity index (χ0v) is 24.3. The van der Waals surface area contributed by atoms with Crippen molar-refractivity contribution < 1.29 is 61.9 Å². The highest BCUT2D eigenvalue weighted by Crippen LogP contribution is 2.31. The van der Waals surface area contributed by atoms with Crippen LogP contribution in [-0.2, 0) is 57.1 Å². The van der Waals surface area contributed by atoms with Gasteiger partial charge >= 0.3 is 35.9 Å². The number of amides is 1. The molecule has 14 nitrogen and oxygen atoms in total. The van der Waals surface area contributed by atoms with Crippen LogP contribution < -0.4 is 5.32 Å². The Morgan fingerprint density at radius 2 is 1.30 bits per heavy atom. The fourth-order valence-electron chi connectivity index (χ4n) is 4.09. The van der Waals surface area contributed by atoms with Gasteiger partial charge < -0.3 is 38.5 Å². The fourth-order valence-corrected chi connectivity index (χ4v) is 4.09. The van der Waals surface area contributed by atoms with Crippen LogP contribution in [0.1, 0.15) is 74.1 Å². The summed E-state index contributed by atoms with van der Waals surface area (Å²) >= 11 is 0. The molecule has 1 amide bonds. The predicted octanol–water partition coefficient (Wildman–Crippen LogP) is 1.74. The van der Waals surface area contributed by atoms with E-state index >= 15 is 0 Å². The highest BCUT2D eigenvalue weighted by molar-refractivity contribution is 5.81. The van der Waals surface area contributed by atoms with Gasteiger partial charge in [-0.1, -0.05) is 12.8 Å². The number of rotatable bonds is 12. The average molecular weight is 576 g/mol. The molecule has 6 atom stereocenters. The monoisotopic (exact) mass is 575 g/mol. The molecule has 0 bridgehead atoms. The van der Waals surface area contributed by atoms with Gasteiger partial charge in [-0.15, -0.1) is 0 Å². The van der Waals surface area contributed by atoms with E-state index < -0.39 is 78.1 Å². The standard InChI is InChI=1S/C26H41NO13/c1-14(28)35-13-20-22(37-16(3)30)23(38-17(4)31)21(36-15(2)29)19(39-20)12-10-9-11-18(24(32)34-8)27-25(33)40-26(5,6)7/h18-23H,9-13H2,1-8H3,(H,27,33)/t18-,19-,20+,21-,22+,23+/m0/s1. The SMILES string of the molecule is COC(=O)[C@H](CCCC[C@@H]1O[C@H](COC(C)=O)[C@@H](OC(C)=O)[C@H](OC(C)=O)[C@H]1OC(C)=O)NC(=O)OC(C)(C)C. The Morgan fingerprint density at radius 1 is 0.775 bits per heavy atom. The van der Waals surface area contributed by atoms with E-state index in [-0.39, 0.29) is 19.4 Å². The van der Waals surface area contributed by atoms with E-state index in [1.54, 1.807) is 20.8 Å². The molecular formula is C26H41NO13. The van der Waals surface area contributed by atoms with Gasteiger partial charge in [-0.05, 0) is 33.6 Å². The third kappa shape index (κ3) is 12.6. The summed E-state index contributed by atoms with van der Waals surface area (Å²) in [6.07, 6.45) is -5.10. The Hall–Kier alpha value is -3.42. The Labute approximate surface area is 233 Å². The average Bonchev–Trinajstić information content (AvgIpc) is 2.80. The molecule has 1 aliphatic rings. The quantitative estimate of drug-likeness (QED) is 0.202. The minimum absolute atomic E-state index is 0.192. The summed E-state index contributed by atoms with van der Waals surface area (Å²) in [4.78, 5) is 71.6. The third-order valence-electron chi connectivity index (χ3n) is 5.50. The number of carbonyl (C=O) groups excluding carboxylic acids is 6. The first-order valence-corrected chi connectivity index (χ1v) is 12.9. The summed E-state index contributed by atoms with van der Waals surface area (Å²) in [7, 11) is 1.20. The molecule has 1 heterocycles. The topological polar surface area (TPSA) is 179 Å². The molecule has 228 valence electrons. The lowest BCUT2D eigenvalue weighted by Gasteiger charge is -2.44. The molecule has 0 unspecified atom stereocenters. The van der Waals surface area contributed by atoms with Gasteiger partial charge in [0.05, 0.1) is 13.2 Å². The third-order valence-corrected chi connectivity index (χ3v) is 5.50. The lowest BCUT2D eigenvalue weighted by atomic mass is 9.91. The summed E-state index contributed by atoms with van der Waals surface area (Å²) in [6.45, 7) is 9.38. The van der Waals surface area contributed by atoms with Crippen molar-refractivity contribution in [2.24, 2.45) is 0 Å². The zero-order valence-electron chi connectivity index (χ0n) is 24.3. The second-order valence-corrected chi connectivity index (χ2v) is 10.2. The maximum atomic E-state index is 12.2. The molecule has 1 aliphatic heterocycles. The molecule has 1 N–H and O–H groups in total. The molecule has 0 aliphatic carbocycles. The molecule has 0 spiro atoms. The number of nitrogens with one attached hydrogen (secondary N) is 1. The van der Waals surface area contributed by atoms with E-state index in [4.69, 9.17) is 33.2 Å². The molecule has 0 radical (unpaired) electrons. The lowest BCUT2D eigenvalue weighted by Crippen LogP contribution is -2.62. The van der Waals surface area contributed by atoms with Crippen molar-refractivity contribution in [1.82, 2.24) is 5.32 Å². The summed E-state index contributed by atoms with van der Waals surface area (Å²) in [6, 6.07) is -0.977. The summed E-state index contributed by atoms with van der Waals surface area (Å²) in [5.74, 6) is -3.40. The van der Waals surface area contributed by atoms with Crippen LogP contribution in [0.4, 0.5) is 4.79 Å². The van der Waals surface area contributed by atoms with Crippen molar-refractivity contribution in [3.63, 3.8) is 0 Å². The van der Waals surface area contributed by atoms with Crippen molar-refractivity contribution in [3.05, 3.63) is 0 Å². The number of hydrogen-bond acceptors (Lipinski definition) is 13. The van der Waals surface area contributed by atoms with E-state index in [0.717, 1.165) is 20.8 Å². The van der Waals surface area contributed by atoms with Gasteiger partial charge in [0.25, 0.3) is 0 Å². The number of hydrogen-bond donors (Lipinski definition) is 1. The van der Waals surface area contributed by atoms with Gasteiger partial charge in [0.1, 0.15) is 24.4 Å². The summed E-state index contributed by atoms with van der Waals surface area (Å²) in [5, 5.41) is 2.49. The highest BCUT2D eigenvalue weighted by atomic mass is 16.7. The van der Waals surface area contributed by atoms with Crippen LogP contribution in [0, 0.1) is 0 Å². The van der Waals surface area contributed by atoms with Crippen LogP contribution in [-0.4, -0.2) is 91.8 Å². The zero-order chi connectivity index (χ0) is 30.6. The van der Waals surface area contributed by atoms with Crippen LogP contribution in [0.15, 0.2) is 0 Å². The molecule has 1 saturated heterocycles. The molecule has 0 aromatic heterocycles. The highest BCUT2D eigenvalue weighted by Gasteiger charge is 2.51. The molecule has 14 heteroatoms. The maximum Gasteiger partial charge on any atom is 0.408 e. The maximum absolute atomic E-state index is 12.2. The van der Waals surface area contributed by atoms with Crippen LogP contribution in [0.25, 0.3) is 0 Å². The van der Waals surface area contributed by atoms with Gasteiger partial charge in [-0.3, -0.25) is 19.2 Å². The Morgan fingerprint density at radius 3 is 1.77 bits per heavy atom. The number of unbranched alkanes of at least 4 members (excludes halogenated alkanes) is 1. The number of ether oxygens (including phenoxy) is 7. The Bertz CT molecular complexity index is 913. The van der Waals surface area contributed by atoms with Gasteiger partial charge in [-0.2, -0.15) is 0 Å². The molecule has 0 aromatic rings. The second-order valence-electron chi connectivity index (χ2n) is 10.2. The molecule has 1 fully saturated rings. The van der Waals surface area contributed by atoms with E-state index in [2.05, 4.69) is 5.32 Å². The van der Waals surface area contributed by atoms with Gasteiger partial charge in [-0.25, -0.2) is 9.59 Å². The predicted molar refractivity (Wildman–Crippen MR) is 136 cm³/mol. The summed E-state index contributed by atoms with van der Waals surface area (Å²) < 4.78 is 37.4. The molecule has 40 heavy (non-hydrogen) atoms.